The van der Waals surface area contributed by atoms with E-state index in [1.54, 1.807) is 0 Å². The lowest BCUT2D eigenvalue weighted by molar-refractivity contribution is 0.0804. The van der Waals surface area contributed by atoms with Crippen LogP contribution in [0.5, 0.6) is 0 Å². The first-order valence-corrected chi connectivity index (χ1v) is 7.41. The van der Waals surface area contributed by atoms with Gasteiger partial charge in [0.2, 0.25) is 0 Å². The Kier molecular flexibility index (Phi) is 2.74. The van der Waals surface area contributed by atoms with E-state index in [1.165, 1.54) is 24.8 Å². The summed E-state index contributed by atoms with van der Waals surface area (Å²) < 4.78 is 0. The van der Waals surface area contributed by atoms with Crippen LogP contribution in [0.2, 0.25) is 0 Å². The Hall–Kier alpha value is -1.87. The Bertz CT molecular complexity index is 668. The third-order valence-corrected chi connectivity index (χ3v) is 4.50. The molecular weight excluding hydrogens is 248 g/mol. The lowest BCUT2D eigenvalue weighted by atomic mass is 9.92. The van der Waals surface area contributed by atoms with Crippen molar-refractivity contribution in [1.29, 1.82) is 0 Å². The molecule has 0 aliphatic carbocycles. The molecule has 0 aromatic heterocycles. The molecule has 0 spiro atoms. The molecule has 1 unspecified atom stereocenters. The smallest absolute Gasteiger partial charge is 0.253 e. The molecule has 1 amide bonds. The molecule has 0 bridgehead atoms. The molecule has 4 rings (SSSR count). The van der Waals surface area contributed by atoms with Crippen molar-refractivity contribution in [3.63, 3.8) is 0 Å². The van der Waals surface area contributed by atoms with Gasteiger partial charge in [0.1, 0.15) is 6.17 Å². The highest BCUT2D eigenvalue weighted by Crippen LogP contribution is 2.34. The number of amides is 1. The summed E-state index contributed by atoms with van der Waals surface area (Å²) in [5.74, 6) is 0.0601. The van der Waals surface area contributed by atoms with Gasteiger partial charge in [-0.05, 0) is 29.9 Å². The number of hydrogen-bond acceptors (Lipinski definition) is 2. The summed E-state index contributed by atoms with van der Waals surface area (Å²) in [4.78, 5) is 14.8. The third-order valence-electron chi connectivity index (χ3n) is 4.50. The normalized spacial score (nSPS) is 22.8. The van der Waals surface area contributed by atoms with E-state index in [2.05, 4.69) is 34.5 Å². The van der Waals surface area contributed by atoms with E-state index in [9.17, 15) is 4.79 Å². The van der Waals surface area contributed by atoms with Gasteiger partial charge in [0, 0.05) is 24.0 Å². The van der Waals surface area contributed by atoms with Gasteiger partial charge in [0.25, 0.3) is 5.91 Å². The van der Waals surface area contributed by atoms with E-state index < -0.39 is 0 Å². The maximum absolute atomic E-state index is 12.4. The molecule has 2 aliphatic rings. The zero-order chi connectivity index (χ0) is 13.5. The quantitative estimate of drug-likeness (QED) is 0.860. The van der Waals surface area contributed by atoms with E-state index in [0.29, 0.717) is 0 Å². The monoisotopic (exact) mass is 266 g/mol. The number of hydrogen-bond donors (Lipinski definition) is 1. The zero-order valence-corrected chi connectivity index (χ0v) is 11.4. The van der Waals surface area contributed by atoms with Gasteiger partial charge in [0.15, 0.2) is 0 Å². The minimum atomic E-state index is 0.0430. The van der Waals surface area contributed by atoms with Gasteiger partial charge >= 0.3 is 0 Å². The van der Waals surface area contributed by atoms with Crippen LogP contribution in [-0.4, -0.2) is 23.9 Å². The first-order valence-electron chi connectivity index (χ1n) is 7.41. The van der Waals surface area contributed by atoms with Crippen LogP contribution in [0.3, 0.4) is 0 Å². The SMILES string of the molecule is O=C1NC(N2CCCCC2)c2cccc3cccc1c23. The number of rotatable bonds is 1. The van der Waals surface area contributed by atoms with E-state index in [4.69, 9.17) is 0 Å². The van der Waals surface area contributed by atoms with Crippen LogP contribution in [-0.2, 0) is 0 Å². The molecule has 1 atom stereocenters. The van der Waals surface area contributed by atoms with Gasteiger partial charge in [-0.15, -0.1) is 0 Å². The van der Waals surface area contributed by atoms with Gasteiger partial charge in [-0.3, -0.25) is 9.69 Å². The van der Waals surface area contributed by atoms with Crippen LogP contribution in [0.4, 0.5) is 0 Å². The lowest BCUT2D eigenvalue weighted by Crippen LogP contribution is -2.45. The molecule has 2 heterocycles. The summed E-state index contributed by atoms with van der Waals surface area (Å²) >= 11 is 0. The summed E-state index contributed by atoms with van der Waals surface area (Å²) in [7, 11) is 0. The first kappa shape index (κ1) is 11.9. The van der Waals surface area contributed by atoms with Crippen LogP contribution >= 0.6 is 0 Å². The second-order valence-electron chi connectivity index (χ2n) is 5.72. The fraction of sp³-hybridized carbons (Fsp3) is 0.353. The molecule has 102 valence electrons. The van der Waals surface area contributed by atoms with Gasteiger partial charge in [-0.1, -0.05) is 36.8 Å². The molecule has 2 aliphatic heterocycles. The van der Waals surface area contributed by atoms with Crippen molar-refractivity contribution < 1.29 is 4.79 Å². The molecule has 0 saturated carbocycles. The maximum atomic E-state index is 12.4. The maximum Gasteiger partial charge on any atom is 0.253 e. The standard InChI is InChI=1S/C17H18N2O/c20-17-14-9-5-7-12-6-4-8-13(15(12)14)16(18-17)19-10-2-1-3-11-19/h4-9,16H,1-3,10-11H2,(H,18,20). The largest absolute Gasteiger partial charge is 0.332 e. The molecule has 1 N–H and O–H groups in total. The summed E-state index contributed by atoms with van der Waals surface area (Å²) in [6, 6.07) is 12.3. The van der Waals surface area contributed by atoms with Crippen LogP contribution in [0.15, 0.2) is 36.4 Å². The predicted molar refractivity (Wildman–Crippen MR) is 79.6 cm³/mol. The number of nitrogens with one attached hydrogen (secondary N) is 1. The van der Waals surface area contributed by atoms with Crippen LogP contribution in [0.25, 0.3) is 10.8 Å². The fourth-order valence-electron chi connectivity index (χ4n) is 3.53. The van der Waals surface area contributed by atoms with Crippen molar-refractivity contribution in [3.05, 3.63) is 47.5 Å². The van der Waals surface area contributed by atoms with Crippen molar-refractivity contribution in [2.75, 3.05) is 13.1 Å². The Morgan fingerprint density at radius 1 is 1.00 bits per heavy atom. The zero-order valence-electron chi connectivity index (χ0n) is 11.4. The molecule has 1 saturated heterocycles. The Morgan fingerprint density at radius 2 is 1.75 bits per heavy atom. The second-order valence-corrected chi connectivity index (χ2v) is 5.72. The van der Waals surface area contributed by atoms with Crippen molar-refractivity contribution in [1.82, 2.24) is 10.2 Å². The number of carbonyl (C=O) groups is 1. The number of nitrogens with zero attached hydrogens (tertiary/aromatic N) is 1. The highest BCUT2D eigenvalue weighted by atomic mass is 16.2. The summed E-state index contributed by atoms with van der Waals surface area (Å²) in [6.45, 7) is 2.15. The van der Waals surface area contributed by atoms with E-state index in [-0.39, 0.29) is 12.1 Å². The average molecular weight is 266 g/mol. The van der Waals surface area contributed by atoms with Gasteiger partial charge in [0.05, 0.1) is 0 Å². The molecule has 3 nitrogen and oxygen atoms in total. The molecule has 20 heavy (non-hydrogen) atoms. The van der Waals surface area contributed by atoms with E-state index in [1.807, 2.05) is 12.1 Å². The molecule has 3 heteroatoms. The second kappa shape index (κ2) is 4.60. The van der Waals surface area contributed by atoms with Crippen molar-refractivity contribution in [3.8, 4) is 0 Å². The van der Waals surface area contributed by atoms with Crippen LogP contribution in [0, 0.1) is 0 Å². The Labute approximate surface area is 118 Å². The average Bonchev–Trinajstić information content (AvgIpc) is 2.52. The summed E-state index contributed by atoms with van der Waals surface area (Å²) in [5.41, 5.74) is 2.06. The number of carbonyl (C=O) groups excluding carboxylic acids is 1. The van der Waals surface area contributed by atoms with Gasteiger partial charge < -0.3 is 5.32 Å². The number of benzene rings is 2. The predicted octanol–water partition coefficient (Wildman–Crippen LogP) is 3.07. The van der Waals surface area contributed by atoms with Crippen molar-refractivity contribution >= 4 is 16.7 Å². The topological polar surface area (TPSA) is 32.3 Å². The molecule has 2 aromatic carbocycles. The fourth-order valence-corrected chi connectivity index (χ4v) is 3.53. The highest BCUT2D eigenvalue weighted by molar-refractivity contribution is 6.10. The third kappa shape index (κ3) is 1.74. The van der Waals surface area contributed by atoms with Crippen LogP contribution < -0.4 is 5.32 Å². The van der Waals surface area contributed by atoms with E-state index in [0.717, 1.165) is 29.4 Å². The number of piperidine rings is 1. The van der Waals surface area contributed by atoms with Crippen LogP contribution in [0.1, 0.15) is 41.3 Å². The van der Waals surface area contributed by atoms with Crippen molar-refractivity contribution in [2.45, 2.75) is 25.4 Å². The minimum absolute atomic E-state index is 0.0430. The minimum Gasteiger partial charge on any atom is -0.332 e. The Balaban J connectivity index is 1.88. The first-order chi connectivity index (χ1) is 9.84. The molecule has 2 aromatic rings. The van der Waals surface area contributed by atoms with Gasteiger partial charge in [-0.25, -0.2) is 0 Å². The summed E-state index contributed by atoms with van der Waals surface area (Å²) in [6.07, 6.45) is 3.80. The summed E-state index contributed by atoms with van der Waals surface area (Å²) in [5, 5.41) is 5.49. The Morgan fingerprint density at radius 3 is 2.55 bits per heavy atom. The number of likely N-dealkylation sites (tertiary alicyclic amines) is 1. The lowest BCUT2D eigenvalue weighted by Gasteiger charge is -2.38. The molecular formula is C17H18N2O. The molecule has 0 radical (unpaired) electrons. The van der Waals surface area contributed by atoms with Crippen molar-refractivity contribution in [2.24, 2.45) is 0 Å². The van der Waals surface area contributed by atoms with E-state index >= 15 is 0 Å². The highest BCUT2D eigenvalue weighted by Gasteiger charge is 2.30. The van der Waals surface area contributed by atoms with Gasteiger partial charge in [-0.2, -0.15) is 0 Å². The molecule has 1 fully saturated rings.